The molecule has 0 bridgehead atoms. The molecule has 5 rings (SSSR count). The number of hydrazone groups is 1. The highest BCUT2D eigenvalue weighted by Gasteiger charge is 2.35. The Morgan fingerprint density at radius 2 is 1.85 bits per heavy atom. The van der Waals surface area contributed by atoms with Crippen LogP contribution in [0.5, 0.6) is 0 Å². The van der Waals surface area contributed by atoms with Gasteiger partial charge in [-0.25, -0.2) is 5.01 Å². The summed E-state index contributed by atoms with van der Waals surface area (Å²) in [5, 5.41) is 8.93. The number of benzene rings is 2. The van der Waals surface area contributed by atoms with Crippen LogP contribution in [0.2, 0.25) is 5.02 Å². The fourth-order valence-corrected chi connectivity index (χ4v) is 5.73. The summed E-state index contributed by atoms with van der Waals surface area (Å²) in [5.41, 5.74) is 5.21. The Labute approximate surface area is 238 Å². The molecule has 0 aliphatic carbocycles. The zero-order valence-corrected chi connectivity index (χ0v) is 23.9. The van der Waals surface area contributed by atoms with Crippen LogP contribution in [0.1, 0.15) is 44.4 Å². The van der Waals surface area contributed by atoms with Crippen molar-refractivity contribution in [2.75, 3.05) is 45.9 Å². The Hall–Kier alpha value is -3.04. The quantitative estimate of drug-likeness (QED) is 0.379. The molecule has 9 heteroatoms. The number of rotatable bonds is 8. The number of morpholine rings is 1. The third kappa shape index (κ3) is 6.58. The standard InChI is InChI=1S/C30H33ClN4O3S/c1-21-5-6-24(18-22(21)2)26-19-27(23-7-9-25(31)10-8-23)35(32-26)29(36)20-34(30(37)28-4-3-17-39-28)12-11-33-13-15-38-16-14-33/h3-10,17-18,27H,11-16,19-20H2,1-2H3. The topological polar surface area (TPSA) is 65.5 Å². The second-order valence-electron chi connectivity index (χ2n) is 10.0. The van der Waals surface area contributed by atoms with Gasteiger partial charge in [-0.2, -0.15) is 5.10 Å². The van der Waals surface area contributed by atoms with Crippen LogP contribution in [0.4, 0.5) is 0 Å². The summed E-state index contributed by atoms with van der Waals surface area (Å²) < 4.78 is 5.46. The SMILES string of the molecule is Cc1ccc(C2=NN(C(=O)CN(CCN3CCOCC3)C(=O)c3cccs3)C(c3ccc(Cl)cc3)C2)cc1C. The Balaban J connectivity index is 1.40. The first-order valence-corrected chi connectivity index (χ1v) is 14.5. The van der Waals surface area contributed by atoms with Crippen molar-refractivity contribution in [3.8, 4) is 0 Å². The molecular weight excluding hydrogens is 532 g/mol. The highest BCUT2D eigenvalue weighted by Crippen LogP contribution is 2.34. The van der Waals surface area contributed by atoms with E-state index in [0.717, 1.165) is 29.9 Å². The summed E-state index contributed by atoms with van der Waals surface area (Å²) in [5.74, 6) is -0.340. The Morgan fingerprint density at radius 3 is 2.54 bits per heavy atom. The summed E-state index contributed by atoms with van der Waals surface area (Å²) >= 11 is 7.55. The van der Waals surface area contributed by atoms with Crippen molar-refractivity contribution >= 4 is 40.5 Å². The molecule has 0 spiro atoms. The van der Waals surface area contributed by atoms with E-state index in [-0.39, 0.29) is 24.4 Å². The van der Waals surface area contributed by atoms with Gasteiger partial charge < -0.3 is 9.64 Å². The van der Waals surface area contributed by atoms with Crippen LogP contribution in [-0.4, -0.2) is 78.3 Å². The van der Waals surface area contributed by atoms with Crippen molar-refractivity contribution in [2.24, 2.45) is 5.10 Å². The average molecular weight is 565 g/mol. The minimum Gasteiger partial charge on any atom is -0.379 e. The van der Waals surface area contributed by atoms with Crippen LogP contribution in [0.3, 0.4) is 0 Å². The predicted molar refractivity (Wildman–Crippen MR) is 156 cm³/mol. The number of carbonyl (C=O) groups is 2. The summed E-state index contributed by atoms with van der Waals surface area (Å²) in [7, 11) is 0. The van der Waals surface area contributed by atoms with Gasteiger partial charge in [0.2, 0.25) is 0 Å². The van der Waals surface area contributed by atoms with Crippen molar-refractivity contribution in [2.45, 2.75) is 26.3 Å². The van der Waals surface area contributed by atoms with Crippen LogP contribution in [-0.2, 0) is 9.53 Å². The summed E-state index contributed by atoms with van der Waals surface area (Å²) in [6.07, 6.45) is 0.586. The molecule has 1 unspecified atom stereocenters. The monoisotopic (exact) mass is 564 g/mol. The molecule has 2 aliphatic rings. The van der Waals surface area contributed by atoms with Gasteiger partial charge >= 0.3 is 0 Å². The van der Waals surface area contributed by atoms with E-state index < -0.39 is 0 Å². The number of ether oxygens (including phenoxy) is 1. The fraction of sp³-hybridized carbons (Fsp3) is 0.367. The van der Waals surface area contributed by atoms with Crippen LogP contribution in [0.15, 0.2) is 65.1 Å². The van der Waals surface area contributed by atoms with E-state index in [1.54, 1.807) is 9.91 Å². The lowest BCUT2D eigenvalue weighted by Gasteiger charge is -2.31. The van der Waals surface area contributed by atoms with Crippen molar-refractivity contribution < 1.29 is 14.3 Å². The van der Waals surface area contributed by atoms with Crippen LogP contribution in [0.25, 0.3) is 0 Å². The van der Waals surface area contributed by atoms with Gasteiger partial charge in [-0.1, -0.05) is 41.9 Å². The molecule has 0 saturated carbocycles. The largest absolute Gasteiger partial charge is 0.379 e. The molecule has 3 aromatic rings. The normalized spacial score (nSPS) is 17.8. The van der Waals surface area contributed by atoms with Crippen LogP contribution in [0, 0.1) is 13.8 Å². The van der Waals surface area contributed by atoms with Gasteiger partial charge in [0, 0.05) is 37.6 Å². The minimum atomic E-state index is -0.274. The first kappa shape index (κ1) is 27.5. The smallest absolute Gasteiger partial charge is 0.264 e. The Kier molecular flexibility index (Phi) is 8.77. The van der Waals surface area contributed by atoms with E-state index in [9.17, 15) is 9.59 Å². The number of nitrogens with zero attached hydrogens (tertiary/aromatic N) is 4. The average Bonchev–Trinajstić information content (AvgIpc) is 3.64. The predicted octanol–water partition coefficient (Wildman–Crippen LogP) is 5.17. The molecule has 0 radical (unpaired) electrons. The lowest BCUT2D eigenvalue weighted by atomic mass is 9.96. The number of amides is 2. The van der Waals surface area contributed by atoms with E-state index in [1.807, 2.05) is 41.8 Å². The maximum atomic E-state index is 13.9. The molecule has 7 nitrogen and oxygen atoms in total. The van der Waals surface area contributed by atoms with E-state index >= 15 is 0 Å². The first-order chi connectivity index (χ1) is 18.9. The molecule has 2 aliphatic heterocycles. The van der Waals surface area contributed by atoms with Crippen LogP contribution >= 0.6 is 22.9 Å². The highest BCUT2D eigenvalue weighted by molar-refractivity contribution is 7.12. The number of aryl methyl sites for hydroxylation is 2. The molecule has 1 saturated heterocycles. The zero-order valence-electron chi connectivity index (χ0n) is 22.3. The summed E-state index contributed by atoms with van der Waals surface area (Å²) in [6.45, 7) is 8.27. The lowest BCUT2D eigenvalue weighted by Crippen LogP contribution is -2.46. The number of thiophene rings is 1. The number of hydrogen-bond acceptors (Lipinski definition) is 6. The van der Waals surface area contributed by atoms with Crippen LogP contribution < -0.4 is 0 Å². The van der Waals surface area contributed by atoms with Crippen molar-refractivity contribution in [1.29, 1.82) is 0 Å². The van der Waals surface area contributed by atoms with Gasteiger partial charge in [0.05, 0.1) is 29.8 Å². The molecule has 3 heterocycles. The summed E-state index contributed by atoms with van der Waals surface area (Å²) in [6, 6.07) is 17.2. The van der Waals surface area contributed by atoms with Gasteiger partial charge in [-0.3, -0.25) is 14.5 Å². The Morgan fingerprint density at radius 1 is 1.08 bits per heavy atom. The van der Waals surface area contributed by atoms with E-state index in [2.05, 4.69) is 36.9 Å². The van der Waals surface area contributed by atoms with E-state index in [4.69, 9.17) is 21.4 Å². The molecule has 0 N–H and O–H groups in total. The fourth-order valence-electron chi connectivity index (χ4n) is 4.91. The van der Waals surface area contributed by atoms with Gasteiger partial charge in [-0.05, 0) is 65.7 Å². The second-order valence-corrected chi connectivity index (χ2v) is 11.4. The van der Waals surface area contributed by atoms with Gasteiger partial charge in [0.25, 0.3) is 11.8 Å². The third-order valence-electron chi connectivity index (χ3n) is 7.40. The van der Waals surface area contributed by atoms with Gasteiger partial charge in [-0.15, -0.1) is 11.3 Å². The zero-order chi connectivity index (χ0) is 27.4. The Bertz CT molecular complexity index is 1340. The molecule has 1 atom stereocenters. The van der Waals surface area contributed by atoms with Crippen molar-refractivity contribution in [3.05, 3.63) is 92.1 Å². The molecule has 204 valence electrons. The van der Waals surface area contributed by atoms with Gasteiger partial charge in [0.1, 0.15) is 6.54 Å². The molecule has 2 aromatic carbocycles. The number of carbonyl (C=O) groups excluding carboxylic acids is 2. The molecule has 1 aromatic heterocycles. The van der Waals surface area contributed by atoms with Crippen molar-refractivity contribution in [3.63, 3.8) is 0 Å². The molecular formula is C30H33ClN4O3S. The highest BCUT2D eigenvalue weighted by atomic mass is 35.5. The lowest BCUT2D eigenvalue weighted by molar-refractivity contribution is -0.133. The summed E-state index contributed by atoms with van der Waals surface area (Å²) in [4.78, 5) is 31.9. The maximum absolute atomic E-state index is 13.9. The molecule has 1 fully saturated rings. The molecule has 2 amide bonds. The minimum absolute atomic E-state index is 0.0468. The number of hydrogen-bond donors (Lipinski definition) is 0. The van der Waals surface area contributed by atoms with Crippen molar-refractivity contribution in [1.82, 2.24) is 14.8 Å². The van der Waals surface area contributed by atoms with E-state index in [0.29, 0.717) is 42.6 Å². The first-order valence-electron chi connectivity index (χ1n) is 13.2. The maximum Gasteiger partial charge on any atom is 0.264 e. The van der Waals surface area contributed by atoms with E-state index in [1.165, 1.54) is 22.5 Å². The second kappa shape index (κ2) is 12.4. The molecule has 39 heavy (non-hydrogen) atoms. The number of halogens is 1. The third-order valence-corrected chi connectivity index (χ3v) is 8.51. The van der Waals surface area contributed by atoms with Gasteiger partial charge in [0.15, 0.2) is 0 Å².